The lowest BCUT2D eigenvalue weighted by atomic mass is 9.72. The fourth-order valence-electron chi connectivity index (χ4n) is 18.0. The molecule has 11 aliphatic rings. The predicted octanol–water partition coefficient (Wildman–Crippen LogP) is 23.9. The average molecular weight is 1480 g/mol. The van der Waals surface area contributed by atoms with Gasteiger partial charge in [0.1, 0.15) is 0 Å². The fraction of sp³-hybridized carbons (Fsp3) is 1.00. The van der Waals surface area contributed by atoms with Gasteiger partial charge in [0.15, 0.2) is 0 Å². The van der Waals surface area contributed by atoms with Crippen molar-refractivity contribution in [2.45, 2.75) is 384 Å². The second kappa shape index (κ2) is 63.1. The first kappa shape index (κ1) is 117. The SMILES string of the molecule is C.C.C.C.C.C.C.C.CC(C)C1CC(C)(C)NC(C)(C)C1.CC(C)C1CC(O)CN1.CC(C)C1CCCN1C.CC(C)C1CCN(C)CC1.CC(C)C1CCNCC1.CC(C)C1CN2CCC1CC2.CCCCN1CCC(C(C)C)CC1.CCN1CCC(C(C)C)CC1.CCN1CCCC(C(C)C)C1. The largest absolute Gasteiger partial charge is 0.392 e. The molecule has 11 aliphatic heterocycles. The third-order valence-corrected chi connectivity index (χ3v) is 25.4. The number of unbranched alkanes of at least 4 members (excludes halogenated alkanes) is 1. The lowest BCUT2D eigenvalue weighted by Gasteiger charge is -2.47. The van der Waals surface area contributed by atoms with Gasteiger partial charge in [-0.2, -0.15) is 0 Å². The molecule has 0 aromatic rings. The first-order valence-corrected chi connectivity index (χ1v) is 42.3. The highest BCUT2D eigenvalue weighted by atomic mass is 16.3. The van der Waals surface area contributed by atoms with Crippen LogP contribution in [0.3, 0.4) is 0 Å². The lowest BCUT2D eigenvalue weighted by molar-refractivity contribution is 0.0277. The van der Waals surface area contributed by atoms with Crippen molar-refractivity contribution in [1.82, 2.24) is 45.3 Å². The lowest BCUT2D eigenvalue weighted by Crippen LogP contribution is -2.58. The highest BCUT2D eigenvalue weighted by Crippen LogP contribution is 2.38. The number of piperidine rings is 9. The summed E-state index contributed by atoms with van der Waals surface area (Å²) in [5.74, 6) is 15.6. The Labute approximate surface area is 663 Å². The minimum absolute atomic E-state index is 0. The summed E-state index contributed by atoms with van der Waals surface area (Å²) in [4.78, 5) is 15.3. The number of likely N-dealkylation sites (tertiary alicyclic amines) is 5. The van der Waals surface area contributed by atoms with E-state index < -0.39 is 0 Å². The van der Waals surface area contributed by atoms with Gasteiger partial charge in [0.05, 0.1) is 6.10 Å². The van der Waals surface area contributed by atoms with Gasteiger partial charge in [0.2, 0.25) is 0 Å². The van der Waals surface area contributed by atoms with E-state index in [1.165, 1.54) is 227 Å². The highest BCUT2D eigenvalue weighted by Gasteiger charge is 2.39. The average Bonchev–Trinajstić information content (AvgIpc) is 0.823. The number of β-amino-alcohol motifs (C(OH)–C–C–N with tert-alkyl or cyclic N) is 1. The van der Waals surface area contributed by atoms with E-state index in [9.17, 15) is 0 Å². The van der Waals surface area contributed by atoms with E-state index >= 15 is 0 Å². The Morgan fingerprint density at radius 3 is 1.12 bits per heavy atom. The minimum atomic E-state index is -0.0996. The topological polar surface area (TPSA) is 75.8 Å². The zero-order valence-electron chi connectivity index (χ0n) is 70.3. The number of hydrogen-bond donors (Lipinski definition) is 4. The number of nitrogens with zero attached hydrogens (tertiary/aromatic N) is 6. The summed E-state index contributed by atoms with van der Waals surface area (Å²) in [5, 5.41) is 19.4. The molecule has 104 heavy (non-hydrogen) atoms. The maximum atomic E-state index is 9.09. The van der Waals surface area contributed by atoms with Gasteiger partial charge in [-0.15, -0.1) is 0 Å². The molecule has 638 valence electrons. The Morgan fingerprint density at radius 2 is 0.817 bits per heavy atom. The van der Waals surface area contributed by atoms with E-state index in [4.69, 9.17) is 5.11 Å². The third-order valence-electron chi connectivity index (χ3n) is 25.4. The summed E-state index contributed by atoms with van der Waals surface area (Å²) >= 11 is 0. The van der Waals surface area contributed by atoms with Crippen LogP contribution in [-0.2, 0) is 0 Å². The second-order valence-corrected chi connectivity index (χ2v) is 37.5. The monoisotopic (exact) mass is 1480 g/mol. The number of hydrogen-bond acceptors (Lipinski definition) is 10. The minimum Gasteiger partial charge on any atom is -0.392 e. The van der Waals surface area contributed by atoms with Crippen LogP contribution in [-0.4, -0.2) is 196 Å². The molecule has 0 aromatic carbocycles. The van der Waals surface area contributed by atoms with Crippen molar-refractivity contribution in [3.05, 3.63) is 0 Å². The van der Waals surface area contributed by atoms with Crippen molar-refractivity contribution < 1.29 is 5.11 Å². The van der Waals surface area contributed by atoms with Crippen LogP contribution in [0.4, 0.5) is 0 Å². The van der Waals surface area contributed by atoms with Crippen molar-refractivity contribution >= 4 is 0 Å². The van der Waals surface area contributed by atoms with Crippen LogP contribution in [0.1, 0.15) is 355 Å². The van der Waals surface area contributed by atoms with Crippen LogP contribution in [0.15, 0.2) is 0 Å². The van der Waals surface area contributed by atoms with Gasteiger partial charge < -0.3 is 50.5 Å². The molecule has 0 amide bonds. The predicted molar refractivity (Wildman–Crippen MR) is 482 cm³/mol. The number of aliphatic hydroxyl groups excluding tert-OH is 1. The maximum absolute atomic E-state index is 9.09. The Bertz CT molecular complexity index is 1790. The van der Waals surface area contributed by atoms with Gasteiger partial charge in [-0.05, 0) is 356 Å². The third kappa shape index (κ3) is 49.2. The first-order chi connectivity index (χ1) is 45.1. The van der Waals surface area contributed by atoms with Crippen LogP contribution in [0.5, 0.6) is 0 Å². The van der Waals surface area contributed by atoms with Gasteiger partial charge in [-0.1, -0.05) is 211 Å². The van der Waals surface area contributed by atoms with Crippen LogP contribution in [0, 0.1) is 101 Å². The second-order valence-electron chi connectivity index (χ2n) is 37.5. The zero-order valence-corrected chi connectivity index (χ0v) is 70.3. The normalized spacial score (nSPS) is 26.1. The Morgan fingerprint density at radius 1 is 0.404 bits per heavy atom. The molecule has 11 fully saturated rings. The summed E-state index contributed by atoms with van der Waals surface area (Å²) < 4.78 is 0. The van der Waals surface area contributed by atoms with Crippen LogP contribution < -0.4 is 16.0 Å². The van der Waals surface area contributed by atoms with Crippen molar-refractivity contribution in [2.75, 3.05) is 132 Å². The number of aliphatic hydroxyl groups is 1. The molecule has 0 aliphatic carbocycles. The summed E-state index contributed by atoms with van der Waals surface area (Å²) in [5.41, 5.74) is 0.632. The van der Waals surface area contributed by atoms with Crippen LogP contribution in [0.25, 0.3) is 0 Å². The van der Waals surface area contributed by atoms with Gasteiger partial charge >= 0.3 is 0 Å². The molecule has 5 atom stereocenters. The van der Waals surface area contributed by atoms with Crippen LogP contribution in [0.2, 0.25) is 0 Å². The van der Waals surface area contributed by atoms with Crippen molar-refractivity contribution in [3.8, 4) is 0 Å². The van der Waals surface area contributed by atoms with E-state index in [1.54, 1.807) is 0 Å². The highest BCUT2D eigenvalue weighted by molar-refractivity contribution is 4.97. The van der Waals surface area contributed by atoms with Gasteiger partial charge in [0.25, 0.3) is 0 Å². The van der Waals surface area contributed by atoms with Crippen molar-refractivity contribution in [1.29, 1.82) is 0 Å². The van der Waals surface area contributed by atoms with E-state index in [-0.39, 0.29) is 65.5 Å². The Kier molecular flexibility index (Phi) is 70.9. The first-order valence-electron chi connectivity index (χ1n) is 42.3. The number of fused-ring (bicyclic) bond motifs is 3. The molecule has 2 bridgehead atoms. The zero-order chi connectivity index (χ0) is 72.3. The van der Waals surface area contributed by atoms with Crippen LogP contribution >= 0.6 is 0 Å². The van der Waals surface area contributed by atoms with Crippen molar-refractivity contribution in [3.63, 3.8) is 0 Å². The fourth-order valence-corrected chi connectivity index (χ4v) is 18.0. The number of nitrogens with one attached hydrogen (secondary N) is 3. The molecule has 0 saturated carbocycles. The molecule has 0 aromatic heterocycles. The smallest absolute Gasteiger partial charge is 0.0679 e. The molecule has 0 radical (unpaired) electrons. The molecule has 0 spiro atoms. The van der Waals surface area contributed by atoms with Gasteiger partial charge in [0, 0.05) is 42.8 Å². The molecular formula is C94H211N9O. The quantitative estimate of drug-likeness (QED) is 0.135. The molecule has 11 saturated heterocycles. The maximum Gasteiger partial charge on any atom is 0.0679 e. The van der Waals surface area contributed by atoms with E-state index in [1.807, 2.05) is 0 Å². The summed E-state index contributed by atoms with van der Waals surface area (Å²) in [7, 11) is 4.45. The Balaban J connectivity index is -0.000000202. The summed E-state index contributed by atoms with van der Waals surface area (Å²) in [6.45, 7) is 81.2. The molecule has 10 heteroatoms. The standard InChI is InChI=1S/2C12H25N.C10H19N.2C10H21N.C9H19N.2C8H17N.C7H15NO.8CH4/c1-9(2)10-7-11(3,4)13-12(5,6)8-10;1-4-5-8-13-9-6-12(7-10-13)11(2)3;1-8(2)10-7-11-5-3-9(10)4-6-11;1-4-11-7-5-10(6-8-11)9(2)3;1-4-11-7-5-6-10(8-11)9(2)3;1-8(2)9-4-6-10(3)7-5-9;1-7(2)8-5-4-6-9(8)3;1-7(2)8-3-5-9-6-4-8;1-5(2)7-3-6(9)4-8-7;;;;;;;;/h9-10,13H,7-8H2,1-6H3;11-12H,4-10H2,1-3H3;8-10H,3-7H2,1-2H3;2*9-10H,4-8H2,1-3H3;8-9H,4-7H2,1-3H3;7-8H,4-6H2,1-3H3;7-9H,3-6H2,1-2H3;5-9H,3-4H2,1-2H3;8*1H4. The van der Waals surface area contributed by atoms with Gasteiger partial charge in [-0.25, -0.2) is 0 Å². The van der Waals surface area contributed by atoms with E-state index in [2.05, 4.69) is 233 Å². The molecular weight excluding hydrogens is 1270 g/mol. The molecule has 10 nitrogen and oxygen atoms in total. The molecule has 5 unspecified atom stereocenters. The molecule has 4 N–H and O–H groups in total. The van der Waals surface area contributed by atoms with Gasteiger partial charge in [-0.3, -0.25) is 0 Å². The van der Waals surface area contributed by atoms with E-state index in [0.717, 1.165) is 114 Å². The summed E-state index contributed by atoms with van der Waals surface area (Å²) in [6.07, 6.45) is 26.1. The number of rotatable bonds is 14. The Hall–Kier alpha value is -0.400. The molecule has 11 rings (SSSR count). The summed E-state index contributed by atoms with van der Waals surface area (Å²) in [6, 6.07) is 1.41. The molecule has 11 heterocycles. The van der Waals surface area contributed by atoms with E-state index in [0.29, 0.717) is 23.0 Å². The van der Waals surface area contributed by atoms with Crippen molar-refractivity contribution in [2.24, 2.45) is 101 Å².